The molecular formula is C9H9F3N4O3. The Morgan fingerprint density at radius 1 is 1.58 bits per heavy atom. The highest BCUT2D eigenvalue weighted by Crippen LogP contribution is 2.29. The average molecular weight is 278 g/mol. The Hall–Kier alpha value is -2.13. The van der Waals surface area contributed by atoms with E-state index in [9.17, 15) is 22.8 Å². The highest BCUT2D eigenvalue weighted by molar-refractivity contribution is 5.94. The van der Waals surface area contributed by atoms with Gasteiger partial charge in [-0.05, 0) is 0 Å². The Morgan fingerprint density at radius 3 is 2.84 bits per heavy atom. The van der Waals surface area contributed by atoms with Crippen LogP contribution in [0.3, 0.4) is 0 Å². The van der Waals surface area contributed by atoms with Crippen molar-refractivity contribution in [1.82, 2.24) is 14.8 Å². The van der Waals surface area contributed by atoms with Gasteiger partial charge in [0.1, 0.15) is 0 Å². The number of halogens is 3. The molecule has 1 aliphatic heterocycles. The van der Waals surface area contributed by atoms with Gasteiger partial charge >= 0.3 is 12.1 Å². The SMILES string of the molecule is COC(=O)CC1Cn2nc(C(F)(F)F)nc2NC1=O. The van der Waals surface area contributed by atoms with Crippen LogP contribution in [-0.4, -0.2) is 33.8 Å². The van der Waals surface area contributed by atoms with Crippen LogP contribution in [0.1, 0.15) is 12.2 Å². The van der Waals surface area contributed by atoms with Crippen molar-refractivity contribution in [2.75, 3.05) is 12.4 Å². The Labute approximate surface area is 104 Å². The Bertz CT molecular complexity index is 525. The molecule has 1 unspecified atom stereocenters. The summed E-state index contributed by atoms with van der Waals surface area (Å²) in [4.78, 5) is 25.8. The Morgan fingerprint density at radius 2 is 2.26 bits per heavy atom. The molecular weight excluding hydrogens is 269 g/mol. The number of alkyl halides is 3. The minimum absolute atomic E-state index is 0.153. The molecule has 0 aromatic carbocycles. The van der Waals surface area contributed by atoms with Crippen molar-refractivity contribution in [2.45, 2.75) is 19.1 Å². The zero-order valence-electron chi connectivity index (χ0n) is 9.69. The summed E-state index contributed by atoms with van der Waals surface area (Å²) in [5.74, 6) is -3.65. The first-order valence-electron chi connectivity index (χ1n) is 5.21. The van der Waals surface area contributed by atoms with E-state index in [1.165, 1.54) is 0 Å². The van der Waals surface area contributed by atoms with Gasteiger partial charge in [-0.25, -0.2) is 4.68 Å². The predicted molar refractivity (Wildman–Crippen MR) is 53.8 cm³/mol. The molecule has 0 bridgehead atoms. The number of hydrogen-bond acceptors (Lipinski definition) is 5. The summed E-state index contributed by atoms with van der Waals surface area (Å²) in [6.45, 7) is -0.153. The number of carbonyl (C=O) groups excluding carboxylic acids is 2. The van der Waals surface area contributed by atoms with Crippen LogP contribution in [0.2, 0.25) is 0 Å². The molecule has 2 heterocycles. The minimum Gasteiger partial charge on any atom is -0.469 e. The summed E-state index contributed by atoms with van der Waals surface area (Å²) in [6.07, 6.45) is -4.92. The van der Waals surface area contributed by atoms with E-state index >= 15 is 0 Å². The standard InChI is InChI=1S/C9H9F3N4O3/c1-19-5(17)2-4-3-16-8(13-6(4)18)14-7(15-16)9(10,11)12/h4H,2-3H2,1H3,(H,13,14,15,18). The lowest BCUT2D eigenvalue weighted by molar-refractivity contribution is -0.145. The van der Waals surface area contributed by atoms with Gasteiger partial charge in [-0.3, -0.25) is 14.9 Å². The Balaban J connectivity index is 2.20. The monoisotopic (exact) mass is 278 g/mol. The lowest BCUT2D eigenvalue weighted by atomic mass is 10.0. The number of ether oxygens (including phenoxy) is 1. The van der Waals surface area contributed by atoms with Crippen LogP contribution in [0.4, 0.5) is 19.1 Å². The largest absolute Gasteiger partial charge is 0.469 e. The molecule has 0 fully saturated rings. The van der Waals surface area contributed by atoms with Crippen LogP contribution in [0, 0.1) is 5.92 Å². The van der Waals surface area contributed by atoms with Crippen molar-refractivity contribution in [3.63, 3.8) is 0 Å². The normalized spacial score (nSPS) is 18.7. The quantitative estimate of drug-likeness (QED) is 0.793. The van der Waals surface area contributed by atoms with Gasteiger partial charge in [0, 0.05) is 0 Å². The van der Waals surface area contributed by atoms with Crippen molar-refractivity contribution in [3.8, 4) is 0 Å². The molecule has 0 saturated carbocycles. The van der Waals surface area contributed by atoms with Crippen molar-refractivity contribution < 1.29 is 27.5 Å². The minimum atomic E-state index is -4.69. The molecule has 0 saturated heterocycles. The molecule has 1 atom stereocenters. The summed E-state index contributed by atoms with van der Waals surface area (Å²) in [6, 6.07) is 0. The molecule has 1 N–H and O–H groups in total. The number of methoxy groups -OCH3 is 1. The van der Waals surface area contributed by atoms with Crippen LogP contribution in [0.5, 0.6) is 0 Å². The molecule has 7 nitrogen and oxygen atoms in total. The van der Waals surface area contributed by atoms with E-state index in [1.807, 2.05) is 0 Å². The van der Waals surface area contributed by atoms with Crippen molar-refractivity contribution in [3.05, 3.63) is 5.82 Å². The number of nitrogens with one attached hydrogen (secondary N) is 1. The molecule has 2 rings (SSSR count). The maximum atomic E-state index is 12.4. The van der Waals surface area contributed by atoms with E-state index in [1.54, 1.807) is 0 Å². The van der Waals surface area contributed by atoms with Gasteiger partial charge in [0.15, 0.2) is 0 Å². The summed E-state index contributed by atoms with van der Waals surface area (Å²) >= 11 is 0. The molecule has 0 spiro atoms. The zero-order valence-corrected chi connectivity index (χ0v) is 9.69. The summed E-state index contributed by atoms with van der Waals surface area (Å²) < 4.78 is 42.5. The fourth-order valence-electron chi connectivity index (χ4n) is 1.63. The van der Waals surface area contributed by atoms with Gasteiger partial charge in [-0.15, -0.1) is 5.10 Å². The topological polar surface area (TPSA) is 86.1 Å². The fraction of sp³-hybridized carbons (Fsp3) is 0.556. The average Bonchev–Trinajstić information content (AvgIpc) is 2.72. The third-order valence-electron chi connectivity index (χ3n) is 2.57. The van der Waals surface area contributed by atoms with E-state index in [0.29, 0.717) is 0 Å². The second kappa shape index (κ2) is 4.52. The van der Waals surface area contributed by atoms with Crippen LogP contribution < -0.4 is 5.32 Å². The maximum absolute atomic E-state index is 12.4. The molecule has 1 aromatic rings. The van der Waals surface area contributed by atoms with Crippen LogP contribution in [0.25, 0.3) is 0 Å². The van der Waals surface area contributed by atoms with E-state index in [-0.39, 0.29) is 18.9 Å². The molecule has 1 aliphatic rings. The zero-order chi connectivity index (χ0) is 14.2. The maximum Gasteiger partial charge on any atom is 0.453 e. The van der Waals surface area contributed by atoms with Crippen LogP contribution >= 0.6 is 0 Å². The fourth-order valence-corrected chi connectivity index (χ4v) is 1.63. The number of fused-ring (bicyclic) bond motifs is 1. The predicted octanol–water partition coefficient (Wildman–Crippen LogP) is 0.428. The summed E-state index contributed by atoms with van der Waals surface area (Å²) in [5.41, 5.74) is 0. The molecule has 104 valence electrons. The number of anilines is 1. The number of esters is 1. The van der Waals surface area contributed by atoms with Crippen molar-refractivity contribution in [1.29, 1.82) is 0 Å². The second-order valence-electron chi connectivity index (χ2n) is 3.91. The first kappa shape index (κ1) is 13.3. The van der Waals surface area contributed by atoms with E-state index in [0.717, 1.165) is 11.8 Å². The number of hydrogen-bond donors (Lipinski definition) is 1. The van der Waals surface area contributed by atoms with Crippen LogP contribution in [0.15, 0.2) is 0 Å². The van der Waals surface area contributed by atoms with Crippen molar-refractivity contribution in [2.24, 2.45) is 5.92 Å². The smallest absolute Gasteiger partial charge is 0.453 e. The molecule has 1 aromatic heterocycles. The van der Waals surface area contributed by atoms with Crippen molar-refractivity contribution >= 4 is 17.8 Å². The number of rotatable bonds is 2. The van der Waals surface area contributed by atoms with Gasteiger partial charge in [0.25, 0.3) is 5.82 Å². The number of amides is 1. The van der Waals surface area contributed by atoms with Gasteiger partial charge < -0.3 is 4.74 Å². The van der Waals surface area contributed by atoms with Gasteiger partial charge in [0.2, 0.25) is 11.9 Å². The third-order valence-corrected chi connectivity index (χ3v) is 2.57. The number of aromatic nitrogens is 3. The molecule has 1 amide bonds. The highest BCUT2D eigenvalue weighted by atomic mass is 19.4. The third kappa shape index (κ3) is 2.66. The molecule has 0 aliphatic carbocycles. The Kier molecular flexibility index (Phi) is 3.16. The highest BCUT2D eigenvalue weighted by Gasteiger charge is 2.39. The lowest BCUT2D eigenvalue weighted by Crippen LogP contribution is -2.35. The first-order valence-corrected chi connectivity index (χ1v) is 5.21. The number of carbonyl (C=O) groups is 2. The van der Waals surface area contributed by atoms with E-state index < -0.39 is 29.8 Å². The lowest BCUT2D eigenvalue weighted by Gasteiger charge is -2.20. The summed E-state index contributed by atoms with van der Waals surface area (Å²) in [7, 11) is 1.16. The molecule has 0 radical (unpaired) electrons. The van der Waals surface area contributed by atoms with Crippen LogP contribution in [-0.2, 0) is 27.0 Å². The molecule has 19 heavy (non-hydrogen) atoms. The summed E-state index contributed by atoms with van der Waals surface area (Å²) in [5, 5.41) is 5.43. The van der Waals surface area contributed by atoms with Gasteiger partial charge in [-0.2, -0.15) is 18.2 Å². The molecule has 10 heteroatoms. The second-order valence-corrected chi connectivity index (χ2v) is 3.91. The van der Waals surface area contributed by atoms with Gasteiger partial charge in [-0.1, -0.05) is 0 Å². The number of nitrogens with zero attached hydrogens (tertiary/aromatic N) is 3. The van der Waals surface area contributed by atoms with Gasteiger partial charge in [0.05, 0.1) is 26.0 Å². The van der Waals surface area contributed by atoms with E-state index in [2.05, 4.69) is 20.1 Å². The van der Waals surface area contributed by atoms with E-state index in [4.69, 9.17) is 0 Å². The first-order chi connectivity index (χ1) is 8.81.